The summed E-state index contributed by atoms with van der Waals surface area (Å²) in [6, 6.07) is 6.16. The second-order valence-electron chi connectivity index (χ2n) is 6.71. The predicted octanol–water partition coefficient (Wildman–Crippen LogP) is 4.54. The summed E-state index contributed by atoms with van der Waals surface area (Å²) in [5.74, 6) is 0.368. The largest absolute Gasteiger partial charge is 0.333 e. The van der Waals surface area contributed by atoms with E-state index in [0.717, 1.165) is 38.6 Å². The molecule has 0 spiro atoms. The summed E-state index contributed by atoms with van der Waals surface area (Å²) in [7, 11) is 0. The van der Waals surface area contributed by atoms with Crippen LogP contribution in [0.15, 0.2) is 24.3 Å². The number of carbonyl (C=O) groups excluding carboxylic acids is 1. The topological polar surface area (TPSA) is 51.0 Å². The molecule has 0 bridgehead atoms. The second kappa shape index (κ2) is 9.46. The lowest BCUT2D eigenvalue weighted by Gasteiger charge is -2.28. The first-order valence-electron chi connectivity index (χ1n) is 9.48. The Labute approximate surface area is 155 Å². The van der Waals surface area contributed by atoms with Gasteiger partial charge in [-0.25, -0.2) is 14.1 Å². The molecule has 26 heavy (non-hydrogen) atoms. The molecule has 0 N–H and O–H groups in total. The van der Waals surface area contributed by atoms with Gasteiger partial charge in [0.2, 0.25) is 5.82 Å². The van der Waals surface area contributed by atoms with Crippen LogP contribution in [-0.2, 0) is 0 Å². The Balaban J connectivity index is 2.24. The van der Waals surface area contributed by atoms with Gasteiger partial charge in [-0.1, -0.05) is 33.1 Å². The van der Waals surface area contributed by atoms with E-state index in [4.69, 9.17) is 0 Å². The molecule has 1 amide bonds. The number of carbonyl (C=O) groups is 1. The van der Waals surface area contributed by atoms with Crippen LogP contribution in [0.1, 0.15) is 69.3 Å². The predicted molar refractivity (Wildman–Crippen MR) is 101 cm³/mol. The fraction of sp³-hybridized carbons (Fsp3) is 0.550. The minimum absolute atomic E-state index is 0.133. The number of unbranched alkanes of at least 4 members (excludes halogenated alkanes) is 2. The lowest BCUT2D eigenvalue weighted by Crippen LogP contribution is -2.40. The summed E-state index contributed by atoms with van der Waals surface area (Å²) in [5, 5.41) is 4.39. The molecule has 142 valence electrons. The lowest BCUT2D eigenvalue weighted by molar-refractivity contribution is 0.0667. The van der Waals surface area contributed by atoms with Gasteiger partial charge in [0.25, 0.3) is 5.91 Å². The van der Waals surface area contributed by atoms with Crippen molar-refractivity contribution >= 4 is 5.91 Å². The van der Waals surface area contributed by atoms with E-state index in [1.807, 2.05) is 4.90 Å². The second-order valence-corrected chi connectivity index (χ2v) is 6.71. The van der Waals surface area contributed by atoms with Crippen molar-refractivity contribution < 1.29 is 9.18 Å². The van der Waals surface area contributed by atoms with Crippen molar-refractivity contribution in [1.29, 1.82) is 0 Å². The van der Waals surface area contributed by atoms with Gasteiger partial charge in [0.05, 0.1) is 5.69 Å². The monoisotopic (exact) mass is 360 g/mol. The molecule has 2 aromatic rings. The zero-order chi connectivity index (χ0) is 19.1. The molecule has 1 unspecified atom stereocenters. The highest BCUT2D eigenvalue weighted by Crippen LogP contribution is 2.15. The molecule has 1 aromatic heterocycles. The third-order valence-corrected chi connectivity index (χ3v) is 4.53. The highest BCUT2D eigenvalue weighted by Gasteiger charge is 2.25. The SMILES string of the molecule is CCCCCN(C(=O)c1nc(C)n(-c2ccc(F)cc2)n1)C(C)CCC. The number of halogens is 1. The summed E-state index contributed by atoms with van der Waals surface area (Å²) in [6.45, 7) is 8.87. The van der Waals surface area contributed by atoms with Crippen molar-refractivity contribution in [1.82, 2.24) is 19.7 Å². The molecular formula is C20H29FN4O. The van der Waals surface area contributed by atoms with Gasteiger partial charge in [-0.15, -0.1) is 5.10 Å². The zero-order valence-electron chi connectivity index (χ0n) is 16.2. The van der Waals surface area contributed by atoms with Crippen molar-refractivity contribution in [3.8, 4) is 5.69 Å². The number of benzene rings is 1. The third-order valence-electron chi connectivity index (χ3n) is 4.53. The van der Waals surface area contributed by atoms with E-state index in [-0.39, 0.29) is 23.6 Å². The average molecular weight is 360 g/mol. The van der Waals surface area contributed by atoms with Crippen LogP contribution in [0.3, 0.4) is 0 Å². The van der Waals surface area contributed by atoms with Crippen LogP contribution in [-0.4, -0.2) is 38.2 Å². The number of aromatic nitrogens is 3. The van der Waals surface area contributed by atoms with Crippen LogP contribution in [0.2, 0.25) is 0 Å². The van der Waals surface area contributed by atoms with Crippen molar-refractivity contribution in [2.24, 2.45) is 0 Å². The highest BCUT2D eigenvalue weighted by molar-refractivity contribution is 5.90. The van der Waals surface area contributed by atoms with Gasteiger partial charge in [-0.3, -0.25) is 4.79 Å². The normalized spacial score (nSPS) is 12.2. The Kier molecular flexibility index (Phi) is 7.30. The van der Waals surface area contributed by atoms with Crippen molar-refractivity contribution in [2.45, 2.75) is 65.8 Å². The number of hydrogen-bond acceptors (Lipinski definition) is 3. The zero-order valence-corrected chi connectivity index (χ0v) is 16.2. The van der Waals surface area contributed by atoms with Crippen LogP contribution in [0.5, 0.6) is 0 Å². The smallest absolute Gasteiger partial charge is 0.293 e. The van der Waals surface area contributed by atoms with Crippen LogP contribution in [0, 0.1) is 12.7 Å². The van der Waals surface area contributed by atoms with Gasteiger partial charge in [-0.2, -0.15) is 0 Å². The van der Waals surface area contributed by atoms with E-state index in [0.29, 0.717) is 11.5 Å². The molecule has 1 heterocycles. The van der Waals surface area contributed by atoms with Crippen LogP contribution in [0.4, 0.5) is 4.39 Å². The summed E-state index contributed by atoms with van der Waals surface area (Å²) >= 11 is 0. The maximum Gasteiger partial charge on any atom is 0.293 e. The quantitative estimate of drug-likeness (QED) is 0.617. The van der Waals surface area contributed by atoms with Crippen LogP contribution in [0.25, 0.3) is 5.69 Å². The molecule has 0 aliphatic rings. The molecule has 1 atom stereocenters. The number of rotatable bonds is 9. The molecule has 0 saturated heterocycles. The highest BCUT2D eigenvalue weighted by atomic mass is 19.1. The Bertz CT molecular complexity index is 711. The van der Waals surface area contributed by atoms with Gasteiger partial charge in [0.15, 0.2) is 0 Å². The fourth-order valence-electron chi connectivity index (χ4n) is 3.06. The Morgan fingerprint density at radius 3 is 2.50 bits per heavy atom. The van der Waals surface area contributed by atoms with Crippen LogP contribution >= 0.6 is 0 Å². The molecule has 2 rings (SSSR count). The van der Waals surface area contributed by atoms with Crippen molar-refractivity contribution in [3.05, 3.63) is 41.7 Å². The Morgan fingerprint density at radius 1 is 1.19 bits per heavy atom. The third kappa shape index (κ3) is 4.90. The number of amides is 1. The average Bonchev–Trinajstić information content (AvgIpc) is 3.01. The summed E-state index contributed by atoms with van der Waals surface area (Å²) < 4.78 is 14.7. The van der Waals surface area contributed by atoms with Crippen molar-refractivity contribution in [2.75, 3.05) is 6.54 Å². The molecular weight excluding hydrogens is 331 g/mol. The number of aryl methyl sites for hydroxylation is 1. The molecule has 0 aliphatic heterocycles. The van der Waals surface area contributed by atoms with E-state index in [1.54, 1.807) is 23.7 Å². The Morgan fingerprint density at radius 2 is 1.88 bits per heavy atom. The molecule has 0 saturated carbocycles. The van der Waals surface area contributed by atoms with Gasteiger partial charge in [-0.05, 0) is 51.0 Å². The van der Waals surface area contributed by atoms with E-state index >= 15 is 0 Å². The maximum absolute atomic E-state index is 13.1. The van der Waals surface area contributed by atoms with Crippen molar-refractivity contribution in [3.63, 3.8) is 0 Å². The van der Waals surface area contributed by atoms with Gasteiger partial charge in [0.1, 0.15) is 11.6 Å². The first kappa shape index (κ1) is 20.1. The van der Waals surface area contributed by atoms with Crippen LogP contribution < -0.4 is 0 Å². The first-order valence-corrected chi connectivity index (χ1v) is 9.48. The van der Waals surface area contributed by atoms with E-state index in [2.05, 4.69) is 30.9 Å². The Hall–Kier alpha value is -2.24. The molecule has 0 radical (unpaired) electrons. The summed E-state index contributed by atoms with van der Waals surface area (Å²) in [5.41, 5.74) is 0.689. The molecule has 6 heteroatoms. The summed E-state index contributed by atoms with van der Waals surface area (Å²) in [6.07, 6.45) is 5.17. The summed E-state index contributed by atoms with van der Waals surface area (Å²) in [4.78, 5) is 19.3. The fourth-order valence-corrected chi connectivity index (χ4v) is 3.06. The molecule has 0 fully saturated rings. The van der Waals surface area contributed by atoms with E-state index in [1.165, 1.54) is 12.1 Å². The first-order chi connectivity index (χ1) is 12.5. The van der Waals surface area contributed by atoms with Gasteiger partial charge in [0, 0.05) is 12.6 Å². The maximum atomic E-state index is 13.1. The molecule has 1 aromatic carbocycles. The van der Waals surface area contributed by atoms with Gasteiger partial charge >= 0.3 is 0 Å². The standard InChI is InChI=1S/C20H29FN4O/c1-5-7-8-14-24(15(3)9-6-2)20(26)19-22-16(4)25(23-19)18-12-10-17(21)11-13-18/h10-13,15H,5-9,14H2,1-4H3. The molecule has 0 aliphatic carbocycles. The molecule has 5 nitrogen and oxygen atoms in total. The number of hydrogen-bond donors (Lipinski definition) is 0. The minimum atomic E-state index is -0.307. The minimum Gasteiger partial charge on any atom is -0.333 e. The number of nitrogens with zero attached hydrogens (tertiary/aromatic N) is 4. The lowest BCUT2D eigenvalue weighted by atomic mass is 10.1. The van der Waals surface area contributed by atoms with Gasteiger partial charge < -0.3 is 4.90 Å². The van der Waals surface area contributed by atoms with E-state index < -0.39 is 0 Å². The van der Waals surface area contributed by atoms with E-state index in [9.17, 15) is 9.18 Å².